The van der Waals surface area contributed by atoms with Crippen LogP contribution in [0.2, 0.25) is 0 Å². The van der Waals surface area contributed by atoms with E-state index in [1.807, 2.05) is 35.9 Å². The van der Waals surface area contributed by atoms with Gasteiger partial charge in [-0.3, -0.25) is 9.99 Å². The topological polar surface area (TPSA) is 106 Å². The smallest absolute Gasteiger partial charge is 0.383 e. The van der Waals surface area contributed by atoms with E-state index in [2.05, 4.69) is 64.3 Å². The highest BCUT2D eigenvalue weighted by Gasteiger charge is 2.67. The van der Waals surface area contributed by atoms with Crippen molar-refractivity contribution in [3.63, 3.8) is 0 Å². The molecule has 1 aliphatic heterocycles. The predicted octanol–water partition coefficient (Wildman–Crippen LogP) is 5.85. The van der Waals surface area contributed by atoms with Crippen molar-refractivity contribution in [3.8, 4) is 18.4 Å². The lowest BCUT2D eigenvalue weighted by molar-refractivity contribution is -0.195. The summed E-state index contributed by atoms with van der Waals surface area (Å²) in [5.41, 5.74) is 9.10. The summed E-state index contributed by atoms with van der Waals surface area (Å²) in [6, 6.07) is 10.8. The fraction of sp³-hybridized carbons (Fsp3) is 0.344. The van der Waals surface area contributed by atoms with Gasteiger partial charge in [0.1, 0.15) is 6.07 Å². The van der Waals surface area contributed by atoms with E-state index in [1.165, 1.54) is 6.20 Å². The summed E-state index contributed by atoms with van der Waals surface area (Å²) in [5, 5.41) is 18.9. The van der Waals surface area contributed by atoms with Gasteiger partial charge in [0.2, 0.25) is 0 Å². The zero-order valence-corrected chi connectivity index (χ0v) is 24.8. The van der Waals surface area contributed by atoms with Crippen LogP contribution in [0.4, 0.5) is 24.5 Å². The number of imidazole rings is 1. The van der Waals surface area contributed by atoms with Gasteiger partial charge in [0.25, 0.3) is 0 Å². The molecule has 2 aromatic heterocycles. The normalized spacial score (nSPS) is 16.7. The van der Waals surface area contributed by atoms with Crippen LogP contribution < -0.4 is 21.6 Å². The van der Waals surface area contributed by atoms with Gasteiger partial charge in [0, 0.05) is 42.6 Å². The van der Waals surface area contributed by atoms with E-state index in [-0.39, 0.29) is 18.3 Å². The summed E-state index contributed by atoms with van der Waals surface area (Å²) in [6.45, 7) is 6.91. The van der Waals surface area contributed by atoms with Gasteiger partial charge in [0.05, 0.1) is 51.4 Å². The summed E-state index contributed by atoms with van der Waals surface area (Å²) in [7, 11) is 1.86. The Labute approximate surface area is 253 Å². The number of hydrogen-bond donors (Lipinski definition) is 4. The molecule has 0 unspecified atom stereocenters. The standard InChI is InChI=1S/C32H32F3N9/c1-6-19-15-37-27-20(14-36)12-21(13-23(27)26(19)38-17-30(2,3)4)40-28(22-8-7-9-24-29(22)43(5)18-39-24)25-16-44(42-41-25)31(10-11-31)32(33,34)35/h1,7-9,12-13,15-16,18,28,40-42H,10-11,17H2,2-5H3,(H,37,38)/t28-/m0/s1. The lowest BCUT2D eigenvalue weighted by Gasteiger charge is -2.28. The van der Waals surface area contributed by atoms with Gasteiger partial charge in [-0.1, -0.05) is 38.8 Å². The monoisotopic (exact) mass is 599 g/mol. The van der Waals surface area contributed by atoms with Crippen molar-refractivity contribution in [3.05, 3.63) is 71.4 Å². The zero-order valence-electron chi connectivity index (χ0n) is 24.8. The second-order valence-corrected chi connectivity index (χ2v) is 12.5. The van der Waals surface area contributed by atoms with E-state index in [0.29, 0.717) is 45.6 Å². The summed E-state index contributed by atoms with van der Waals surface area (Å²) >= 11 is 0. The van der Waals surface area contributed by atoms with Gasteiger partial charge in [-0.25, -0.2) is 4.98 Å². The number of hydrazine groups is 2. The van der Waals surface area contributed by atoms with Crippen molar-refractivity contribution >= 4 is 33.3 Å². The fourth-order valence-corrected chi connectivity index (χ4v) is 5.58. The van der Waals surface area contributed by atoms with Gasteiger partial charge in [-0.05, 0) is 36.5 Å². The van der Waals surface area contributed by atoms with Crippen LogP contribution in [0.3, 0.4) is 0 Å². The van der Waals surface area contributed by atoms with Crippen molar-refractivity contribution in [1.82, 2.24) is 30.5 Å². The average molecular weight is 600 g/mol. The number of halogens is 3. The molecule has 9 nitrogen and oxygen atoms in total. The Balaban J connectivity index is 1.49. The molecule has 12 heteroatoms. The first kappa shape index (κ1) is 29.1. The number of hydrogen-bond acceptors (Lipinski definition) is 8. The van der Waals surface area contributed by atoms with Gasteiger partial charge in [0.15, 0.2) is 5.54 Å². The van der Waals surface area contributed by atoms with Crippen LogP contribution in [0.15, 0.2) is 54.8 Å². The number of anilines is 2. The molecule has 0 bridgehead atoms. The number of pyridine rings is 1. The van der Waals surface area contributed by atoms with E-state index in [0.717, 1.165) is 21.6 Å². The molecule has 1 aliphatic carbocycles. The molecule has 0 spiro atoms. The van der Waals surface area contributed by atoms with Crippen molar-refractivity contribution < 1.29 is 13.2 Å². The molecule has 1 saturated carbocycles. The Morgan fingerprint density at radius 2 is 1.93 bits per heavy atom. The van der Waals surface area contributed by atoms with Crippen LogP contribution in [0.1, 0.15) is 56.3 Å². The summed E-state index contributed by atoms with van der Waals surface area (Å²) in [6.07, 6.45) is 6.17. The van der Waals surface area contributed by atoms with Crippen LogP contribution >= 0.6 is 0 Å². The molecule has 0 saturated heterocycles. The number of fused-ring (bicyclic) bond motifs is 2. The average Bonchev–Trinajstić information content (AvgIpc) is 3.52. The number of benzene rings is 2. The SMILES string of the molecule is C#Cc1cnc2c(C#N)cc(N[C@H](C3=CN(C4(C(F)(F)F)CC4)NN3)c3cccc4ncn(C)c34)cc2c1NCC(C)(C)C. The van der Waals surface area contributed by atoms with E-state index in [9.17, 15) is 18.4 Å². The first-order valence-electron chi connectivity index (χ1n) is 14.2. The Bertz CT molecular complexity index is 1880. The summed E-state index contributed by atoms with van der Waals surface area (Å²) in [4.78, 5) is 8.98. The molecular formula is C32H32F3N9. The molecule has 4 aromatic rings. The second-order valence-electron chi connectivity index (χ2n) is 12.5. The zero-order chi connectivity index (χ0) is 31.4. The maximum absolute atomic E-state index is 14.0. The van der Waals surface area contributed by atoms with Crippen LogP contribution in [0.25, 0.3) is 21.9 Å². The third kappa shape index (κ3) is 5.01. The number of para-hydroxylation sites is 1. The predicted molar refractivity (Wildman–Crippen MR) is 164 cm³/mol. The van der Waals surface area contributed by atoms with E-state index < -0.39 is 17.8 Å². The number of aromatic nitrogens is 3. The first-order chi connectivity index (χ1) is 20.8. The van der Waals surface area contributed by atoms with Gasteiger partial charge in [-0.15, -0.1) is 12.0 Å². The van der Waals surface area contributed by atoms with E-state index in [4.69, 9.17) is 6.42 Å². The molecule has 0 radical (unpaired) electrons. The van der Waals surface area contributed by atoms with Crippen LogP contribution in [0.5, 0.6) is 0 Å². The third-order valence-electron chi connectivity index (χ3n) is 8.05. The highest BCUT2D eigenvalue weighted by atomic mass is 19.4. The van der Waals surface area contributed by atoms with Crippen molar-refractivity contribution in [1.29, 1.82) is 5.26 Å². The second kappa shape index (κ2) is 10.4. The Morgan fingerprint density at radius 1 is 1.16 bits per heavy atom. The molecule has 2 aromatic carbocycles. The Kier molecular flexibility index (Phi) is 6.86. The van der Waals surface area contributed by atoms with E-state index >= 15 is 0 Å². The van der Waals surface area contributed by atoms with E-state index in [1.54, 1.807) is 18.6 Å². The lowest BCUT2D eigenvalue weighted by atomic mass is 9.96. The summed E-state index contributed by atoms with van der Waals surface area (Å²) < 4.78 is 43.9. The minimum Gasteiger partial charge on any atom is -0.383 e. The number of nitrogens with one attached hydrogen (secondary N) is 4. The molecular weight excluding hydrogens is 567 g/mol. The number of terminal acetylenes is 1. The summed E-state index contributed by atoms with van der Waals surface area (Å²) in [5.74, 6) is 2.69. The maximum Gasteiger partial charge on any atom is 0.413 e. The van der Waals surface area contributed by atoms with Gasteiger partial charge >= 0.3 is 6.18 Å². The molecule has 4 N–H and O–H groups in total. The Morgan fingerprint density at radius 3 is 2.59 bits per heavy atom. The largest absolute Gasteiger partial charge is 0.413 e. The molecule has 6 rings (SSSR count). The molecule has 0 amide bonds. The number of alkyl halides is 3. The maximum atomic E-state index is 14.0. The fourth-order valence-electron chi connectivity index (χ4n) is 5.58. The minimum atomic E-state index is -4.41. The third-order valence-corrected chi connectivity index (χ3v) is 8.05. The lowest BCUT2D eigenvalue weighted by Crippen LogP contribution is -2.52. The van der Waals surface area contributed by atoms with Gasteiger partial charge in [-0.2, -0.15) is 18.4 Å². The quantitative estimate of drug-likeness (QED) is 0.196. The highest BCUT2D eigenvalue weighted by molar-refractivity contribution is 5.99. The van der Waals surface area contributed by atoms with Crippen LogP contribution in [0, 0.1) is 29.1 Å². The van der Waals surface area contributed by atoms with Crippen molar-refractivity contribution in [2.75, 3.05) is 17.2 Å². The van der Waals surface area contributed by atoms with Crippen LogP contribution in [-0.4, -0.2) is 37.8 Å². The molecule has 1 fully saturated rings. The number of rotatable bonds is 7. The highest BCUT2D eigenvalue weighted by Crippen LogP contribution is 2.54. The van der Waals surface area contributed by atoms with Crippen molar-refractivity contribution in [2.45, 2.75) is 51.4 Å². The molecule has 44 heavy (non-hydrogen) atoms. The Hall–Kier alpha value is -4.94. The minimum absolute atomic E-state index is 0.00454. The molecule has 3 heterocycles. The number of nitrogens with zero attached hydrogens (tertiary/aromatic N) is 5. The molecule has 1 atom stereocenters. The first-order valence-corrected chi connectivity index (χ1v) is 14.2. The van der Waals surface area contributed by atoms with Crippen LogP contribution in [-0.2, 0) is 7.05 Å². The number of aryl methyl sites for hydroxylation is 1. The van der Waals surface area contributed by atoms with Crippen molar-refractivity contribution in [2.24, 2.45) is 12.5 Å². The molecule has 2 aliphatic rings. The van der Waals surface area contributed by atoms with Gasteiger partial charge < -0.3 is 20.6 Å². The number of nitriles is 1. The molecule has 226 valence electrons.